The first-order valence-corrected chi connectivity index (χ1v) is 8.22. The summed E-state index contributed by atoms with van der Waals surface area (Å²) in [5.74, 6) is -0.0620. The van der Waals surface area contributed by atoms with E-state index in [2.05, 4.69) is 38.0 Å². The lowest BCUT2D eigenvalue weighted by molar-refractivity contribution is 0.0951. The summed E-state index contributed by atoms with van der Waals surface area (Å²) >= 11 is 2.22. The fourth-order valence-corrected chi connectivity index (χ4v) is 2.51. The van der Waals surface area contributed by atoms with Crippen LogP contribution in [-0.4, -0.2) is 20.7 Å². The molecule has 0 bridgehead atoms. The topological polar surface area (TPSA) is 59.8 Å². The lowest BCUT2D eigenvalue weighted by atomic mass is 10.1. The van der Waals surface area contributed by atoms with Crippen LogP contribution >= 0.6 is 22.6 Å². The Morgan fingerprint density at radius 1 is 1.04 bits per heavy atom. The van der Waals surface area contributed by atoms with E-state index in [1.54, 1.807) is 11.0 Å². The monoisotopic (exact) mass is 418 g/mol. The first-order chi connectivity index (χ1) is 11.2. The third-order valence-electron chi connectivity index (χ3n) is 3.39. The Hall–Kier alpha value is -2.22. The molecule has 1 heterocycles. The molecule has 2 aromatic carbocycles. The van der Waals surface area contributed by atoms with Crippen molar-refractivity contribution in [2.75, 3.05) is 0 Å². The molecule has 0 fully saturated rings. The summed E-state index contributed by atoms with van der Waals surface area (Å²) in [7, 11) is 0. The first kappa shape index (κ1) is 15.7. The van der Waals surface area contributed by atoms with Crippen LogP contribution in [0, 0.1) is 3.57 Å². The molecule has 0 atom stereocenters. The molecule has 3 aromatic rings. The van der Waals surface area contributed by atoms with Gasteiger partial charge in [0.25, 0.3) is 5.91 Å². The molecule has 0 aliphatic rings. The van der Waals surface area contributed by atoms with Gasteiger partial charge < -0.3 is 5.32 Å². The second-order valence-electron chi connectivity index (χ2n) is 5.10. The maximum absolute atomic E-state index is 12.1. The Balaban J connectivity index is 1.56. The summed E-state index contributed by atoms with van der Waals surface area (Å²) in [6.45, 7) is 1.20. The van der Waals surface area contributed by atoms with Crippen molar-refractivity contribution >= 4 is 28.5 Å². The maximum Gasteiger partial charge on any atom is 0.251 e. The van der Waals surface area contributed by atoms with E-state index >= 15 is 0 Å². The standard InChI is InChI=1S/C17H15IN4O/c18-16-7-5-15(6-8-16)17(23)20-9-13-1-3-14(4-2-13)10-22-12-19-11-21-22/h1-8,11-12H,9-10H2,(H,20,23). The third kappa shape index (κ3) is 4.38. The number of amides is 1. The average Bonchev–Trinajstić information content (AvgIpc) is 3.07. The SMILES string of the molecule is O=C(NCc1ccc(Cn2cncn2)cc1)c1ccc(I)cc1. The van der Waals surface area contributed by atoms with Crippen LogP contribution in [0.2, 0.25) is 0 Å². The van der Waals surface area contributed by atoms with Gasteiger partial charge in [-0.1, -0.05) is 24.3 Å². The summed E-state index contributed by atoms with van der Waals surface area (Å²) in [5.41, 5.74) is 2.88. The smallest absolute Gasteiger partial charge is 0.251 e. The highest BCUT2D eigenvalue weighted by atomic mass is 127. The number of nitrogens with one attached hydrogen (secondary N) is 1. The number of hydrogen-bond acceptors (Lipinski definition) is 3. The van der Waals surface area contributed by atoms with Crippen molar-refractivity contribution in [2.24, 2.45) is 0 Å². The molecule has 0 unspecified atom stereocenters. The zero-order valence-corrected chi connectivity index (χ0v) is 14.5. The number of carbonyl (C=O) groups is 1. The molecule has 0 aliphatic heterocycles. The van der Waals surface area contributed by atoms with Gasteiger partial charge in [0, 0.05) is 15.7 Å². The van der Waals surface area contributed by atoms with Gasteiger partial charge in [0.15, 0.2) is 0 Å². The molecule has 5 nitrogen and oxygen atoms in total. The van der Waals surface area contributed by atoms with Crippen molar-refractivity contribution in [3.8, 4) is 0 Å². The number of halogens is 1. The van der Waals surface area contributed by atoms with Gasteiger partial charge in [0.1, 0.15) is 12.7 Å². The molecule has 0 radical (unpaired) electrons. The average molecular weight is 418 g/mol. The first-order valence-electron chi connectivity index (χ1n) is 7.15. The van der Waals surface area contributed by atoms with Crippen LogP contribution in [0.3, 0.4) is 0 Å². The minimum Gasteiger partial charge on any atom is -0.348 e. The minimum atomic E-state index is -0.0620. The number of hydrogen-bond donors (Lipinski definition) is 1. The summed E-state index contributed by atoms with van der Waals surface area (Å²) in [5, 5.41) is 7.01. The fourth-order valence-electron chi connectivity index (χ4n) is 2.15. The molecular weight excluding hydrogens is 403 g/mol. The van der Waals surface area contributed by atoms with Crippen molar-refractivity contribution in [1.29, 1.82) is 0 Å². The van der Waals surface area contributed by atoms with E-state index in [9.17, 15) is 4.79 Å². The van der Waals surface area contributed by atoms with Gasteiger partial charge >= 0.3 is 0 Å². The number of nitrogens with zero attached hydrogens (tertiary/aromatic N) is 3. The molecule has 0 aliphatic carbocycles. The van der Waals surface area contributed by atoms with Crippen molar-refractivity contribution in [1.82, 2.24) is 20.1 Å². The second kappa shape index (κ2) is 7.36. The highest BCUT2D eigenvalue weighted by Crippen LogP contribution is 2.08. The van der Waals surface area contributed by atoms with Gasteiger partial charge in [-0.3, -0.25) is 4.79 Å². The molecule has 116 valence electrons. The van der Waals surface area contributed by atoms with Gasteiger partial charge in [-0.05, 0) is 58.0 Å². The Morgan fingerprint density at radius 2 is 1.74 bits per heavy atom. The Kier molecular flexibility index (Phi) is 5.02. The van der Waals surface area contributed by atoms with Crippen LogP contribution in [0.4, 0.5) is 0 Å². The molecule has 0 saturated heterocycles. The van der Waals surface area contributed by atoms with E-state index in [0.717, 1.165) is 14.7 Å². The Morgan fingerprint density at radius 3 is 2.39 bits per heavy atom. The molecule has 23 heavy (non-hydrogen) atoms. The number of benzene rings is 2. The van der Waals surface area contributed by atoms with Crippen molar-refractivity contribution in [3.63, 3.8) is 0 Å². The highest BCUT2D eigenvalue weighted by molar-refractivity contribution is 14.1. The second-order valence-corrected chi connectivity index (χ2v) is 6.34. The largest absolute Gasteiger partial charge is 0.348 e. The summed E-state index contributed by atoms with van der Waals surface area (Å²) in [6, 6.07) is 15.6. The van der Waals surface area contributed by atoms with Crippen LogP contribution in [0.15, 0.2) is 61.2 Å². The maximum atomic E-state index is 12.1. The van der Waals surface area contributed by atoms with E-state index in [1.165, 1.54) is 6.33 Å². The summed E-state index contributed by atoms with van der Waals surface area (Å²) < 4.78 is 2.88. The van der Waals surface area contributed by atoms with Crippen LogP contribution in [0.5, 0.6) is 0 Å². The predicted molar refractivity (Wildman–Crippen MR) is 95.9 cm³/mol. The third-order valence-corrected chi connectivity index (χ3v) is 4.11. The number of rotatable bonds is 5. The van der Waals surface area contributed by atoms with Gasteiger partial charge in [-0.25, -0.2) is 9.67 Å². The molecule has 0 spiro atoms. The Bertz CT molecular complexity index is 767. The van der Waals surface area contributed by atoms with Gasteiger partial charge in [0.05, 0.1) is 6.54 Å². The van der Waals surface area contributed by atoms with Crippen molar-refractivity contribution < 1.29 is 4.79 Å². The van der Waals surface area contributed by atoms with Gasteiger partial charge in [-0.15, -0.1) is 0 Å². The lowest BCUT2D eigenvalue weighted by Gasteiger charge is -2.07. The predicted octanol–water partition coefficient (Wildman–Crippen LogP) is 2.86. The number of aromatic nitrogens is 3. The molecule has 0 saturated carbocycles. The zero-order valence-electron chi connectivity index (χ0n) is 12.3. The lowest BCUT2D eigenvalue weighted by Crippen LogP contribution is -2.22. The highest BCUT2D eigenvalue weighted by Gasteiger charge is 2.05. The molecule has 1 amide bonds. The van der Waals surface area contributed by atoms with Crippen LogP contribution in [0.1, 0.15) is 21.5 Å². The van der Waals surface area contributed by atoms with Gasteiger partial charge in [-0.2, -0.15) is 5.10 Å². The van der Waals surface area contributed by atoms with Crippen molar-refractivity contribution in [2.45, 2.75) is 13.1 Å². The minimum absolute atomic E-state index is 0.0620. The molecular formula is C17H15IN4O. The summed E-state index contributed by atoms with van der Waals surface area (Å²) in [4.78, 5) is 16.0. The van der Waals surface area contributed by atoms with Crippen LogP contribution < -0.4 is 5.32 Å². The van der Waals surface area contributed by atoms with Crippen molar-refractivity contribution in [3.05, 3.63) is 81.4 Å². The van der Waals surface area contributed by atoms with E-state index < -0.39 is 0 Å². The summed E-state index contributed by atoms with van der Waals surface area (Å²) in [6.07, 6.45) is 3.21. The normalized spacial score (nSPS) is 10.5. The zero-order chi connectivity index (χ0) is 16.1. The van der Waals surface area contributed by atoms with E-state index in [0.29, 0.717) is 18.7 Å². The molecule has 1 N–H and O–H groups in total. The van der Waals surface area contributed by atoms with Crippen LogP contribution in [-0.2, 0) is 13.1 Å². The van der Waals surface area contributed by atoms with Crippen LogP contribution in [0.25, 0.3) is 0 Å². The molecule has 3 rings (SSSR count). The fraction of sp³-hybridized carbons (Fsp3) is 0.118. The quantitative estimate of drug-likeness (QED) is 0.649. The Labute approximate surface area is 147 Å². The van der Waals surface area contributed by atoms with Gasteiger partial charge in [0.2, 0.25) is 0 Å². The number of carbonyl (C=O) groups excluding carboxylic acids is 1. The molecule has 6 heteroatoms. The van der Waals surface area contributed by atoms with E-state index in [-0.39, 0.29) is 5.91 Å². The molecule has 1 aromatic heterocycles. The van der Waals surface area contributed by atoms with E-state index in [4.69, 9.17) is 0 Å². The van der Waals surface area contributed by atoms with E-state index in [1.807, 2.05) is 48.5 Å².